The van der Waals surface area contributed by atoms with Gasteiger partial charge in [0.15, 0.2) is 29.1 Å². The van der Waals surface area contributed by atoms with Crippen LogP contribution >= 0.6 is 0 Å². The van der Waals surface area contributed by atoms with Crippen molar-refractivity contribution >= 4 is 35.3 Å². The van der Waals surface area contributed by atoms with Crippen molar-refractivity contribution in [2.75, 3.05) is 6.61 Å². The molecule has 1 aliphatic heterocycles. The summed E-state index contributed by atoms with van der Waals surface area (Å²) in [6, 6.07) is 24.1. The number of benzene rings is 3. The van der Waals surface area contributed by atoms with Gasteiger partial charge in [-0.05, 0) is 30.1 Å². The molecule has 12 heteroatoms. The van der Waals surface area contributed by atoms with Gasteiger partial charge in [-0.25, -0.2) is 0 Å². The highest BCUT2D eigenvalue weighted by Gasteiger charge is 2.78. The minimum atomic E-state index is -2.03. The molecule has 0 amide bonds. The zero-order chi connectivity index (χ0) is 42.7. The molecule has 1 saturated heterocycles. The third-order valence-electron chi connectivity index (χ3n) is 13.3. The SMILES string of the molecule is CC(=O)O[C@H]1C(=O)[C@@]2(C)C([C@H](OCc3ccccc3)[C@]3(O)C[C@H](OC(C)=O)C(C)=C1C3(C)C)[C@]1(OC(C)=O)CO[C@@H]1C[C@@H]2C(=O)c1ccc(C(=O)c2ccccc2)cc1. The molecule has 3 aromatic rings. The Morgan fingerprint density at radius 2 is 1.36 bits per heavy atom. The van der Waals surface area contributed by atoms with Crippen molar-refractivity contribution < 1.29 is 57.6 Å². The molecule has 12 nitrogen and oxygen atoms in total. The molecule has 1 unspecified atom stereocenters. The highest BCUT2D eigenvalue weighted by Crippen LogP contribution is 2.66. The number of fused-ring (bicyclic) bond motifs is 5. The van der Waals surface area contributed by atoms with Crippen molar-refractivity contribution in [3.63, 3.8) is 0 Å². The van der Waals surface area contributed by atoms with E-state index in [9.17, 15) is 24.3 Å². The first kappa shape index (κ1) is 41.8. The number of hydrogen-bond donors (Lipinski definition) is 1. The first-order valence-electron chi connectivity index (χ1n) is 19.9. The van der Waals surface area contributed by atoms with Gasteiger partial charge in [0.05, 0.1) is 24.7 Å². The summed E-state index contributed by atoms with van der Waals surface area (Å²) < 4.78 is 31.2. The van der Waals surface area contributed by atoms with E-state index in [1.54, 1.807) is 70.2 Å². The normalized spacial score (nSPS) is 31.9. The lowest BCUT2D eigenvalue weighted by Crippen LogP contribution is -2.81. The molecule has 0 spiro atoms. The molecule has 1 N–H and O–H groups in total. The van der Waals surface area contributed by atoms with Gasteiger partial charge in [0.1, 0.15) is 17.8 Å². The van der Waals surface area contributed by atoms with Gasteiger partial charge >= 0.3 is 17.9 Å². The summed E-state index contributed by atoms with van der Waals surface area (Å²) in [5.74, 6) is -6.01. The predicted octanol–water partition coefficient (Wildman–Crippen LogP) is 5.95. The Labute approximate surface area is 343 Å². The van der Waals surface area contributed by atoms with Crippen LogP contribution in [0.3, 0.4) is 0 Å². The zero-order valence-electron chi connectivity index (χ0n) is 34.3. The summed E-state index contributed by atoms with van der Waals surface area (Å²) in [7, 11) is 0. The second-order valence-corrected chi connectivity index (χ2v) is 17.1. The van der Waals surface area contributed by atoms with Crippen LogP contribution in [0.4, 0.5) is 0 Å². The third-order valence-corrected chi connectivity index (χ3v) is 13.3. The van der Waals surface area contributed by atoms with Crippen LogP contribution in [0.15, 0.2) is 96.1 Å². The number of aliphatic hydroxyl groups is 1. The van der Waals surface area contributed by atoms with Gasteiger partial charge in [-0.15, -0.1) is 0 Å². The van der Waals surface area contributed by atoms with E-state index in [4.69, 9.17) is 23.7 Å². The maximum absolute atomic E-state index is 16.0. The number of ether oxygens (including phenoxy) is 5. The maximum Gasteiger partial charge on any atom is 0.303 e. The van der Waals surface area contributed by atoms with Crippen LogP contribution in [-0.2, 0) is 49.5 Å². The molecule has 310 valence electrons. The highest BCUT2D eigenvalue weighted by molar-refractivity contribution is 6.10. The molecule has 3 aliphatic carbocycles. The highest BCUT2D eigenvalue weighted by atomic mass is 16.6. The molecule has 9 atom stereocenters. The molecule has 1 heterocycles. The van der Waals surface area contributed by atoms with E-state index in [-0.39, 0.29) is 43.0 Å². The monoisotopic (exact) mass is 806 g/mol. The Morgan fingerprint density at radius 1 is 0.780 bits per heavy atom. The quantitative estimate of drug-likeness (QED) is 0.111. The summed E-state index contributed by atoms with van der Waals surface area (Å²) in [4.78, 5) is 83.3. The average Bonchev–Trinajstić information content (AvgIpc) is 3.19. The Hall–Kier alpha value is -5.30. The van der Waals surface area contributed by atoms with E-state index in [0.29, 0.717) is 16.7 Å². The van der Waals surface area contributed by atoms with Crippen molar-refractivity contribution in [3.8, 4) is 0 Å². The molecule has 0 radical (unpaired) electrons. The van der Waals surface area contributed by atoms with Crippen molar-refractivity contribution in [2.24, 2.45) is 22.7 Å². The van der Waals surface area contributed by atoms with E-state index >= 15 is 9.59 Å². The molecule has 4 aliphatic rings. The molecule has 3 aromatic carbocycles. The fourth-order valence-corrected chi connectivity index (χ4v) is 10.4. The predicted molar refractivity (Wildman–Crippen MR) is 212 cm³/mol. The van der Waals surface area contributed by atoms with Crippen molar-refractivity contribution in [1.82, 2.24) is 0 Å². The van der Waals surface area contributed by atoms with Crippen LogP contribution in [0.5, 0.6) is 0 Å². The topological polar surface area (TPSA) is 169 Å². The molecule has 7 rings (SSSR count). The molecular formula is C47H50O12. The number of Topliss-reactive ketones (excluding diaryl/α,β-unsaturated/α-hetero) is 2. The first-order valence-corrected chi connectivity index (χ1v) is 19.9. The summed E-state index contributed by atoms with van der Waals surface area (Å²) in [5, 5.41) is 13.7. The van der Waals surface area contributed by atoms with E-state index < -0.39 is 87.8 Å². The molecule has 0 aromatic heterocycles. The number of rotatable bonds is 10. The number of ketones is 3. The number of carbonyl (C=O) groups excluding carboxylic acids is 6. The van der Waals surface area contributed by atoms with E-state index in [1.807, 2.05) is 30.3 Å². The Bertz CT molecular complexity index is 2210. The zero-order valence-corrected chi connectivity index (χ0v) is 34.3. The number of carbonyl (C=O) groups is 6. The van der Waals surface area contributed by atoms with Crippen LogP contribution in [0, 0.1) is 22.7 Å². The second-order valence-electron chi connectivity index (χ2n) is 17.1. The standard InChI is InChI=1S/C47H50O12/c1-26-35(57-27(2)48)23-47(54)43(55-24-30-14-10-8-11-15-30)41-45(7,42(53)40(58-28(3)49)37(26)44(47,5)6)34(22-36-46(41,25-56-36)59-29(4)50)39(52)33-20-18-32(19-21-33)38(51)31-16-12-9-13-17-31/h8-21,34-36,40-41,43,54H,22-25H2,1-7H3/t34-,35+,36-,40-,41?,43+,45-,46+,47-/m1/s1. The van der Waals surface area contributed by atoms with E-state index in [1.165, 1.54) is 26.0 Å². The van der Waals surface area contributed by atoms with Crippen molar-refractivity contribution in [3.05, 3.63) is 118 Å². The van der Waals surface area contributed by atoms with Gasteiger partial charge in [0.2, 0.25) is 0 Å². The van der Waals surface area contributed by atoms with Gasteiger partial charge in [-0.3, -0.25) is 28.8 Å². The fraction of sp³-hybridized carbons (Fsp3) is 0.447. The summed E-state index contributed by atoms with van der Waals surface area (Å²) in [6.45, 7) is 10.1. The minimum absolute atomic E-state index is 0.0640. The van der Waals surface area contributed by atoms with Gasteiger partial charge in [-0.2, -0.15) is 0 Å². The average molecular weight is 807 g/mol. The minimum Gasteiger partial charge on any atom is -0.458 e. The largest absolute Gasteiger partial charge is 0.458 e. The van der Waals surface area contributed by atoms with Crippen LogP contribution in [0.1, 0.15) is 93.2 Å². The summed E-state index contributed by atoms with van der Waals surface area (Å²) in [6.07, 6.45) is -5.34. The Morgan fingerprint density at radius 3 is 1.92 bits per heavy atom. The molecule has 3 fully saturated rings. The van der Waals surface area contributed by atoms with Crippen LogP contribution in [-0.4, -0.2) is 82.6 Å². The van der Waals surface area contributed by atoms with Crippen molar-refractivity contribution in [2.45, 2.75) is 104 Å². The first-order chi connectivity index (χ1) is 27.9. The van der Waals surface area contributed by atoms with Crippen molar-refractivity contribution in [1.29, 1.82) is 0 Å². The van der Waals surface area contributed by atoms with Crippen LogP contribution < -0.4 is 0 Å². The maximum atomic E-state index is 16.0. The lowest BCUT2D eigenvalue weighted by atomic mass is 9.42. The lowest BCUT2D eigenvalue weighted by molar-refractivity contribution is -0.344. The van der Waals surface area contributed by atoms with Gasteiger partial charge < -0.3 is 28.8 Å². The molecule has 59 heavy (non-hydrogen) atoms. The van der Waals surface area contributed by atoms with Crippen LogP contribution in [0.2, 0.25) is 0 Å². The van der Waals surface area contributed by atoms with E-state index in [0.717, 1.165) is 12.5 Å². The van der Waals surface area contributed by atoms with Gasteiger partial charge in [0, 0.05) is 61.1 Å². The Balaban J connectivity index is 1.47. The van der Waals surface area contributed by atoms with Gasteiger partial charge in [-0.1, -0.05) is 106 Å². The Kier molecular flexibility index (Phi) is 10.9. The lowest BCUT2D eigenvalue weighted by Gasteiger charge is -2.68. The number of hydrogen-bond acceptors (Lipinski definition) is 12. The summed E-state index contributed by atoms with van der Waals surface area (Å²) in [5.41, 5.74) is -4.53. The third kappa shape index (κ3) is 6.84. The van der Waals surface area contributed by atoms with Gasteiger partial charge in [0.25, 0.3) is 0 Å². The molecule has 2 bridgehead atoms. The summed E-state index contributed by atoms with van der Waals surface area (Å²) >= 11 is 0. The smallest absolute Gasteiger partial charge is 0.303 e. The second kappa shape index (κ2) is 15.4. The number of esters is 3. The molecular weight excluding hydrogens is 757 g/mol. The van der Waals surface area contributed by atoms with Crippen LogP contribution in [0.25, 0.3) is 0 Å². The molecule has 2 saturated carbocycles. The van der Waals surface area contributed by atoms with E-state index in [2.05, 4.69) is 0 Å². The fourth-order valence-electron chi connectivity index (χ4n) is 10.4.